The summed E-state index contributed by atoms with van der Waals surface area (Å²) in [6.45, 7) is 0.158. The molecule has 110 valence electrons. The van der Waals surface area contributed by atoms with Crippen LogP contribution in [0, 0.1) is 0 Å². The van der Waals surface area contributed by atoms with Gasteiger partial charge in [0.2, 0.25) is 0 Å². The van der Waals surface area contributed by atoms with Gasteiger partial charge in [0, 0.05) is 5.56 Å². The number of benzene rings is 2. The van der Waals surface area contributed by atoms with E-state index >= 15 is 0 Å². The summed E-state index contributed by atoms with van der Waals surface area (Å²) in [6.07, 6.45) is 0.464. The van der Waals surface area contributed by atoms with Crippen molar-refractivity contribution in [3.63, 3.8) is 0 Å². The fourth-order valence-electron chi connectivity index (χ4n) is 2.03. The molecule has 0 unspecified atom stereocenters. The van der Waals surface area contributed by atoms with Crippen LogP contribution in [-0.4, -0.2) is 19.1 Å². The number of esters is 1. The van der Waals surface area contributed by atoms with Gasteiger partial charge in [-0.3, -0.25) is 4.79 Å². The van der Waals surface area contributed by atoms with Crippen molar-refractivity contribution < 1.29 is 14.3 Å². The van der Waals surface area contributed by atoms with E-state index in [1.165, 1.54) is 0 Å². The zero-order chi connectivity index (χ0) is 15.1. The standard InChI is InChI=1S/C17H19NO3/c1-20-16-10-6-5-9-14(16)12-21-17(19)15(18)11-13-7-3-2-4-8-13/h2-10,15H,11-12,18H2,1H3/t15-/m0/s1. The molecule has 0 amide bonds. The van der Waals surface area contributed by atoms with Gasteiger partial charge in [-0.1, -0.05) is 48.5 Å². The SMILES string of the molecule is COc1ccccc1COC(=O)[C@@H](N)Cc1ccccc1. The molecule has 0 bridgehead atoms. The largest absolute Gasteiger partial charge is 0.496 e. The van der Waals surface area contributed by atoms with E-state index in [9.17, 15) is 4.79 Å². The second-order valence-electron chi connectivity index (χ2n) is 4.72. The van der Waals surface area contributed by atoms with Crippen molar-refractivity contribution in [2.45, 2.75) is 19.1 Å². The molecule has 0 aliphatic heterocycles. The molecule has 0 fully saturated rings. The van der Waals surface area contributed by atoms with Gasteiger partial charge in [-0.15, -0.1) is 0 Å². The monoisotopic (exact) mass is 285 g/mol. The molecule has 2 rings (SSSR count). The lowest BCUT2D eigenvalue weighted by atomic mass is 10.1. The number of carbonyl (C=O) groups is 1. The summed E-state index contributed by atoms with van der Waals surface area (Å²) in [5.74, 6) is 0.284. The van der Waals surface area contributed by atoms with Crippen molar-refractivity contribution in [3.05, 3.63) is 65.7 Å². The summed E-state index contributed by atoms with van der Waals surface area (Å²) < 4.78 is 10.5. The van der Waals surface area contributed by atoms with E-state index in [0.717, 1.165) is 11.1 Å². The Bertz CT molecular complexity index is 584. The minimum absolute atomic E-state index is 0.158. The van der Waals surface area contributed by atoms with Crippen LogP contribution in [0.3, 0.4) is 0 Å². The van der Waals surface area contributed by atoms with Gasteiger partial charge in [-0.25, -0.2) is 0 Å². The van der Waals surface area contributed by atoms with Crippen LogP contribution in [0.15, 0.2) is 54.6 Å². The van der Waals surface area contributed by atoms with E-state index in [1.54, 1.807) is 7.11 Å². The third kappa shape index (κ3) is 4.33. The summed E-state index contributed by atoms with van der Waals surface area (Å²) in [7, 11) is 1.59. The van der Waals surface area contributed by atoms with E-state index in [4.69, 9.17) is 15.2 Å². The minimum Gasteiger partial charge on any atom is -0.496 e. The lowest BCUT2D eigenvalue weighted by Crippen LogP contribution is -2.34. The number of rotatable bonds is 6. The third-order valence-electron chi connectivity index (χ3n) is 3.16. The summed E-state index contributed by atoms with van der Waals surface area (Å²) in [6, 6.07) is 16.4. The lowest BCUT2D eigenvalue weighted by molar-refractivity contribution is -0.146. The number of carbonyl (C=O) groups excluding carboxylic acids is 1. The number of hydrogen-bond acceptors (Lipinski definition) is 4. The Morgan fingerprint density at radius 3 is 2.48 bits per heavy atom. The van der Waals surface area contributed by atoms with Crippen molar-refractivity contribution >= 4 is 5.97 Å². The minimum atomic E-state index is -0.665. The van der Waals surface area contributed by atoms with Crippen molar-refractivity contribution in [2.24, 2.45) is 5.73 Å². The predicted molar refractivity (Wildman–Crippen MR) is 80.9 cm³/mol. The lowest BCUT2D eigenvalue weighted by Gasteiger charge is -2.13. The smallest absolute Gasteiger partial charge is 0.323 e. The normalized spacial score (nSPS) is 11.7. The first kappa shape index (κ1) is 15.1. The van der Waals surface area contributed by atoms with Crippen molar-refractivity contribution in [1.29, 1.82) is 0 Å². The highest BCUT2D eigenvalue weighted by molar-refractivity contribution is 5.76. The first-order valence-electron chi connectivity index (χ1n) is 6.78. The van der Waals surface area contributed by atoms with Crippen LogP contribution in [0.4, 0.5) is 0 Å². The summed E-state index contributed by atoms with van der Waals surface area (Å²) in [5.41, 5.74) is 7.71. The molecule has 2 N–H and O–H groups in total. The van der Waals surface area contributed by atoms with Gasteiger partial charge in [-0.05, 0) is 18.1 Å². The highest BCUT2D eigenvalue weighted by atomic mass is 16.5. The van der Waals surface area contributed by atoms with Crippen LogP contribution < -0.4 is 10.5 Å². The summed E-state index contributed by atoms with van der Waals surface area (Å²) >= 11 is 0. The zero-order valence-electron chi connectivity index (χ0n) is 12.0. The molecule has 0 saturated carbocycles. The van der Waals surface area contributed by atoms with Gasteiger partial charge in [-0.2, -0.15) is 0 Å². The second kappa shape index (κ2) is 7.45. The van der Waals surface area contributed by atoms with E-state index in [2.05, 4.69) is 0 Å². The highest BCUT2D eigenvalue weighted by Crippen LogP contribution is 2.18. The van der Waals surface area contributed by atoms with Crippen LogP contribution in [-0.2, 0) is 22.6 Å². The number of methoxy groups -OCH3 is 1. The molecule has 0 radical (unpaired) electrons. The molecule has 2 aromatic rings. The highest BCUT2D eigenvalue weighted by Gasteiger charge is 2.16. The molecular weight excluding hydrogens is 266 g/mol. The molecule has 0 aliphatic rings. The topological polar surface area (TPSA) is 61.5 Å². The Morgan fingerprint density at radius 2 is 1.76 bits per heavy atom. The Kier molecular flexibility index (Phi) is 5.35. The molecule has 0 aromatic heterocycles. The van der Waals surface area contributed by atoms with Gasteiger partial charge < -0.3 is 15.2 Å². The van der Waals surface area contributed by atoms with Gasteiger partial charge in [0.05, 0.1) is 7.11 Å². The molecule has 2 aromatic carbocycles. The Morgan fingerprint density at radius 1 is 1.10 bits per heavy atom. The predicted octanol–water partition coefficient (Wildman–Crippen LogP) is 2.31. The molecule has 0 saturated heterocycles. The average molecular weight is 285 g/mol. The molecule has 4 heteroatoms. The van der Waals surface area contributed by atoms with Crippen molar-refractivity contribution in [3.8, 4) is 5.75 Å². The Balaban J connectivity index is 1.89. The van der Waals surface area contributed by atoms with Crippen LogP contribution in [0.5, 0.6) is 5.75 Å². The van der Waals surface area contributed by atoms with Crippen LogP contribution in [0.25, 0.3) is 0 Å². The molecular formula is C17H19NO3. The van der Waals surface area contributed by atoms with E-state index in [1.807, 2.05) is 54.6 Å². The maximum absolute atomic E-state index is 11.9. The van der Waals surface area contributed by atoms with E-state index < -0.39 is 12.0 Å². The third-order valence-corrected chi connectivity index (χ3v) is 3.16. The average Bonchev–Trinajstić information content (AvgIpc) is 2.53. The fourth-order valence-corrected chi connectivity index (χ4v) is 2.03. The quantitative estimate of drug-likeness (QED) is 0.827. The maximum Gasteiger partial charge on any atom is 0.323 e. The number of nitrogens with two attached hydrogens (primary N) is 1. The van der Waals surface area contributed by atoms with Gasteiger partial charge in [0.1, 0.15) is 18.4 Å². The van der Waals surface area contributed by atoms with Crippen molar-refractivity contribution in [1.82, 2.24) is 0 Å². The fraction of sp³-hybridized carbons (Fsp3) is 0.235. The van der Waals surface area contributed by atoms with Gasteiger partial charge >= 0.3 is 5.97 Å². The van der Waals surface area contributed by atoms with Gasteiger partial charge in [0.15, 0.2) is 0 Å². The molecule has 0 aliphatic carbocycles. The van der Waals surface area contributed by atoms with Gasteiger partial charge in [0.25, 0.3) is 0 Å². The first-order chi connectivity index (χ1) is 10.2. The molecule has 1 atom stereocenters. The molecule has 0 spiro atoms. The summed E-state index contributed by atoms with van der Waals surface area (Å²) in [4.78, 5) is 11.9. The Hall–Kier alpha value is -2.33. The summed E-state index contributed by atoms with van der Waals surface area (Å²) in [5, 5.41) is 0. The van der Waals surface area contributed by atoms with Crippen molar-refractivity contribution in [2.75, 3.05) is 7.11 Å². The Labute approximate surface area is 124 Å². The van der Waals surface area contributed by atoms with Crippen LogP contribution in [0.2, 0.25) is 0 Å². The van der Waals surface area contributed by atoms with Crippen LogP contribution in [0.1, 0.15) is 11.1 Å². The van der Waals surface area contributed by atoms with E-state index in [-0.39, 0.29) is 6.61 Å². The molecule has 4 nitrogen and oxygen atoms in total. The number of hydrogen-bond donors (Lipinski definition) is 1. The maximum atomic E-state index is 11.9. The number of para-hydroxylation sites is 1. The van der Waals surface area contributed by atoms with Crippen LogP contribution >= 0.6 is 0 Å². The van der Waals surface area contributed by atoms with E-state index in [0.29, 0.717) is 12.2 Å². The zero-order valence-corrected chi connectivity index (χ0v) is 12.0. The number of ether oxygens (including phenoxy) is 2. The first-order valence-corrected chi connectivity index (χ1v) is 6.78. The second-order valence-corrected chi connectivity index (χ2v) is 4.72. The molecule has 21 heavy (non-hydrogen) atoms. The molecule has 0 heterocycles.